The Balaban J connectivity index is 1.87. The molecule has 20 heavy (non-hydrogen) atoms. The summed E-state index contributed by atoms with van der Waals surface area (Å²) in [6.07, 6.45) is 0. The molecule has 0 aliphatic carbocycles. The van der Waals surface area contributed by atoms with Gasteiger partial charge in [-0.3, -0.25) is 4.79 Å². The second-order valence-electron chi connectivity index (χ2n) is 4.48. The quantitative estimate of drug-likeness (QED) is 0.874. The minimum absolute atomic E-state index is 0.00196. The molecule has 1 N–H and O–H groups in total. The maximum Gasteiger partial charge on any atom is 0.313 e. The van der Waals surface area contributed by atoms with E-state index >= 15 is 0 Å². The van der Waals surface area contributed by atoms with Gasteiger partial charge in [-0.05, 0) is 11.6 Å². The Labute approximate surface area is 124 Å². The number of thioether (sulfide) groups is 2. The Morgan fingerprint density at radius 1 is 1.50 bits per heavy atom. The van der Waals surface area contributed by atoms with Crippen molar-refractivity contribution in [2.24, 2.45) is 7.05 Å². The largest absolute Gasteiger partial charge is 0.481 e. The zero-order chi connectivity index (χ0) is 14.1. The number of aromatic nitrogens is 3. The van der Waals surface area contributed by atoms with Crippen LogP contribution in [0.25, 0.3) is 0 Å². The lowest BCUT2D eigenvalue weighted by molar-refractivity contribution is -0.133. The molecular weight excluding hydrogens is 294 g/mol. The molecule has 1 unspecified atom stereocenters. The minimum atomic E-state index is -0.846. The Kier molecular flexibility index (Phi) is 3.71. The van der Waals surface area contributed by atoms with Crippen molar-refractivity contribution in [2.75, 3.05) is 11.5 Å². The molecule has 0 radical (unpaired) electrons. The molecular formula is C13H13N3O2S2. The van der Waals surface area contributed by atoms with Crippen LogP contribution in [-0.2, 0) is 11.8 Å². The third-order valence-electron chi connectivity index (χ3n) is 3.20. The van der Waals surface area contributed by atoms with Gasteiger partial charge in [0.1, 0.15) is 5.82 Å². The van der Waals surface area contributed by atoms with E-state index in [1.165, 1.54) is 22.2 Å². The number of fused-ring (bicyclic) bond motifs is 1. The van der Waals surface area contributed by atoms with Crippen molar-refractivity contribution in [1.82, 2.24) is 14.8 Å². The van der Waals surface area contributed by atoms with Crippen LogP contribution in [0.5, 0.6) is 0 Å². The van der Waals surface area contributed by atoms with Gasteiger partial charge in [0.15, 0.2) is 5.16 Å². The van der Waals surface area contributed by atoms with Crippen molar-refractivity contribution in [2.45, 2.75) is 16.0 Å². The van der Waals surface area contributed by atoms with E-state index in [4.69, 9.17) is 5.11 Å². The van der Waals surface area contributed by atoms with Gasteiger partial charge in [-0.1, -0.05) is 30.0 Å². The number of nitrogens with zero attached hydrogens (tertiary/aromatic N) is 3. The summed E-state index contributed by atoms with van der Waals surface area (Å²) in [5.74, 6) is 1.24. The highest BCUT2D eigenvalue weighted by atomic mass is 32.2. The molecule has 1 atom stereocenters. The lowest BCUT2D eigenvalue weighted by Gasteiger charge is -2.10. The first kappa shape index (κ1) is 13.5. The summed E-state index contributed by atoms with van der Waals surface area (Å²) in [4.78, 5) is 11.9. The van der Waals surface area contributed by atoms with Crippen molar-refractivity contribution >= 4 is 29.5 Å². The Bertz CT molecular complexity index is 657. The number of hydrogen-bond acceptors (Lipinski definition) is 5. The van der Waals surface area contributed by atoms with Crippen molar-refractivity contribution < 1.29 is 9.90 Å². The Hall–Kier alpha value is -1.47. The number of aliphatic carboxylic acids is 1. The predicted molar refractivity (Wildman–Crippen MR) is 78.4 cm³/mol. The number of hydrogen-bond donors (Lipinski definition) is 1. The number of benzene rings is 1. The minimum Gasteiger partial charge on any atom is -0.481 e. The maximum atomic E-state index is 10.6. The highest BCUT2D eigenvalue weighted by Crippen LogP contribution is 2.42. The second kappa shape index (κ2) is 5.49. The molecule has 0 fully saturated rings. The lowest BCUT2D eigenvalue weighted by Crippen LogP contribution is -2.08. The third kappa shape index (κ3) is 2.43. The van der Waals surface area contributed by atoms with Gasteiger partial charge in [-0.15, -0.1) is 22.0 Å². The highest BCUT2D eigenvalue weighted by molar-refractivity contribution is 8.00. The van der Waals surface area contributed by atoms with Crippen LogP contribution in [0, 0.1) is 0 Å². The molecule has 0 saturated carbocycles. The predicted octanol–water partition coefficient (Wildman–Crippen LogP) is 2.23. The third-order valence-corrected chi connectivity index (χ3v) is 5.39. The van der Waals surface area contributed by atoms with Crippen molar-refractivity contribution in [1.29, 1.82) is 0 Å². The molecule has 0 amide bonds. The standard InChI is InChI=1S/C13H13N3O2S2/c1-16-12(14-15-13(16)20-7-11(17)18)9-6-19-10-5-3-2-4-8(9)10/h2-5,9H,6-7H2,1H3,(H,17,18). The van der Waals surface area contributed by atoms with E-state index in [9.17, 15) is 4.79 Å². The Morgan fingerprint density at radius 3 is 3.10 bits per heavy atom. The highest BCUT2D eigenvalue weighted by Gasteiger charge is 2.28. The summed E-state index contributed by atoms with van der Waals surface area (Å²) in [6.45, 7) is 0. The van der Waals surface area contributed by atoms with E-state index in [0.717, 1.165) is 11.6 Å². The first-order valence-corrected chi connectivity index (χ1v) is 8.09. The van der Waals surface area contributed by atoms with Gasteiger partial charge in [0.2, 0.25) is 0 Å². The summed E-state index contributed by atoms with van der Waals surface area (Å²) in [5, 5.41) is 17.8. The summed E-state index contributed by atoms with van der Waals surface area (Å²) in [6, 6.07) is 8.32. The Morgan fingerprint density at radius 2 is 2.30 bits per heavy atom. The fourth-order valence-electron chi connectivity index (χ4n) is 2.26. The van der Waals surface area contributed by atoms with Gasteiger partial charge in [0.05, 0.1) is 11.7 Å². The van der Waals surface area contributed by atoms with Gasteiger partial charge in [-0.2, -0.15) is 0 Å². The maximum absolute atomic E-state index is 10.6. The van der Waals surface area contributed by atoms with Crippen LogP contribution in [0.3, 0.4) is 0 Å². The zero-order valence-corrected chi connectivity index (χ0v) is 12.4. The summed E-state index contributed by atoms with van der Waals surface area (Å²) >= 11 is 3.02. The molecule has 1 aromatic heterocycles. The van der Waals surface area contributed by atoms with Crippen LogP contribution >= 0.6 is 23.5 Å². The second-order valence-corrected chi connectivity index (χ2v) is 6.49. The number of carboxylic acids is 1. The SMILES string of the molecule is Cn1c(SCC(=O)O)nnc1C1CSc2ccccc21. The normalized spacial score (nSPS) is 17.1. The summed E-state index contributed by atoms with van der Waals surface area (Å²) in [5.41, 5.74) is 1.28. The number of carboxylic acid groups (broad SMARTS) is 1. The molecule has 0 spiro atoms. The van der Waals surface area contributed by atoms with Crippen molar-refractivity contribution in [3.8, 4) is 0 Å². The van der Waals surface area contributed by atoms with Gasteiger partial charge >= 0.3 is 5.97 Å². The topological polar surface area (TPSA) is 68.0 Å². The van der Waals surface area contributed by atoms with Gasteiger partial charge < -0.3 is 9.67 Å². The van der Waals surface area contributed by atoms with Crippen LogP contribution in [0.1, 0.15) is 17.3 Å². The summed E-state index contributed by atoms with van der Waals surface area (Å²) < 4.78 is 1.90. The molecule has 1 aliphatic rings. The number of rotatable bonds is 4. The average Bonchev–Trinajstić information content (AvgIpc) is 3.00. The lowest BCUT2D eigenvalue weighted by atomic mass is 10.0. The fourth-order valence-corrected chi connectivity index (χ4v) is 4.12. The van der Waals surface area contributed by atoms with Gasteiger partial charge in [-0.25, -0.2) is 0 Å². The van der Waals surface area contributed by atoms with Crippen molar-refractivity contribution in [3.05, 3.63) is 35.7 Å². The molecule has 1 aliphatic heterocycles. The van der Waals surface area contributed by atoms with E-state index in [1.54, 1.807) is 0 Å². The van der Waals surface area contributed by atoms with E-state index < -0.39 is 5.97 Å². The first-order valence-electron chi connectivity index (χ1n) is 6.12. The van der Waals surface area contributed by atoms with Gasteiger partial charge in [0.25, 0.3) is 0 Å². The van der Waals surface area contributed by atoms with E-state index in [0.29, 0.717) is 5.16 Å². The molecule has 3 rings (SSSR count). The molecule has 0 saturated heterocycles. The van der Waals surface area contributed by atoms with Crippen LogP contribution in [0.4, 0.5) is 0 Å². The van der Waals surface area contributed by atoms with E-state index in [1.807, 2.05) is 35.5 Å². The van der Waals surface area contributed by atoms with Gasteiger partial charge in [0, 0.05) is 17.7 Å². The average molecular weight is 307 g/mol. The monoisotopic (exact) mass is 307 g/mol. The molecule has 1 aromatic carbocycles. The molecule has 7 heteroatoms. The van der Waals surface area contributed by atoms with E-state index in [-0.39, 0.29) is 11.7 Å². The van der Waals surface area contributed by atoms with Crippen LogP contribution in [0.2, 0.25) is 0 Å². The van der Waals surface area contributed by atoms with E-state index in [2.05, 4.69) is 22.3 Å². The molecule has 104 valence electrons. The van der Waals surface area contributed by atoms with Crippen LogP contribution in [-0.4, -0.2) is 37.3 Å². The molecule has 2 aromatic rings. The van der Waals surface area contributed by atoms with Crippen molar-refractivity contribution in [3.63, 3.8) is 0 Å². The summed E-state index contributed by atoms with van der Waals surface area (Å²) in [7, 11) is 1.89. The first-order chi connectivity index (χ1) is 9.66. The molecule has 5 nitrogen and oxygen atoms in total. The smallest absolute Gasteiger partial charge is 0.313 e. The number of carbonyl (C=O) groups is 1. The molecule has 0 bridgehead atoms. The van der Waals surface area contributed by atoms with Crippen LogP contribution < -0.4 is 0 Å². The van der Waals surface area contributed by atoms with Crippen LogP contribution in [0.15, 0.2) is 34.3 Å². The fraction of sp³-hybridized carbons (Fsp3) is 0.308. The zero-order valence-electron chi connectivity index (χ0n) is 10.8. The molecule has 2 heterocycles.